The van der Waals surface area contributed by atoms with Crippen molar-refractivity contribution in [3.05, 3.63) is 62.3 Å². The van der Waals surface area contributed by atoms with Gasteiger partial charge in [0.15, 0.2) is 0 Å². The average Bonchev–Trinajstić information content (AvgIpc) is 2.92. The molecule has 1 heterocycles. The van der Waals surface area contributed by atoms with Crippen LogP contribution in [0, 0.1) is 5.82 Å². The third-order valence-corrected chi connectivity index (χ3v) is 4.88. The minimum absolute atomic E-state index is 0.249. The molecule has 2 nitrogen and oxygen atoms in total. The Hall–Kier alpha value is -1.10. The minimum Gasteiger partial charge on any atom is -0.493 e. The number of hydrogen-bond acceptors (Lipinski definition) is 2. The Labute approximate surface area is 136 Å². The molecular formula is C16H14BrClFNO. The zero-order valence-corrected chi connectivity index (χ0v) is 13.8. The zero-order valence-electron chi connectivity index (χ0n) is 11.4. The van der Waals surface area contributed by atoms with Crippen LogP contribution in [0.1, 0.15) is 22.7 Å². The third-order valence-electron chi connectivity index (χ3n) is 3.69. The molecule has 0 fully saturated rings. The number of hydrogen-bond donors (Lipinski definition) is 1. The standard InChI is InChI=1S/C16H14BrClFNO/c1-20-16(11-7-13(18)12(17)8-14(11)19)10-2-3-15-9(6-10)4-5-21-15/h2-3,6-8,16,20H,4-5H2,1H3. The normalized spacial score (nSPS) is 14.7. The molecule has 0 bridgehead atoms. The highest BCUT2D eigenvalue weighted by atomic mass is 79.9. The molecule has 0 aliphatic carbocycles. The highest BCUT2D eigenvalue weighted by Gasteiger charge is 2.20. The first kappa shape index (κ1) is 14.8. The molecule has 1 N–H and O–H groups in total. The van der Waals surface area contributed by atoms with E-state index in [-0.39, 0.29) is 11.9 Å². The first-order valence-corrected chi connectivity index (χ1v) is 7.84. The summed E-state index contributed by atoms with van der Waals surface area (Å²) in [6.45, 7) is 0.710. The number of rotatable bonds is 3. The summed E-state index contributed by atoms with van der Waals surface area (Å²) in [5, 5.41) is 3.65. The molecule has 21 heavy (non-hydrogen) atoms. The van der Waals surface area contributed by atoms with Crippen LogP contribution in [0.15, 0.2) is 34.8 Å². The highest BCUT2D eigenvalue weighted by Crippen LogP contribution is 2.34. The van der Waals surface area contributed by atoms with Crippen molar-refractivity contribution in [1.82, 2.24) is 5.32 Å². The van der Waals surface area contributed by atoms with Gasteiger partial charge in [0.1, 0.15) is 11.6 Å². The molecule has 2 aromatic carbocycles. The van der Waals surface area contributed by atoms with E-state index in [0.717, 1.165) is 23.3 Å². The summed E-state index contributed by atoms with van der Waals surface area (Å²) >= 11 is 9.35. The Morgan fingerprint density at radius 1 is 1.33 bits per heavy atom. The monoisotopic (exact) mass is 369 g/mol. The van der Waals surface area contributed by atoms with E-state index < -0.39 is 0 Å². The number of nitrogens with one attached hydrogen (secondary N) is 1. The van der Waals surface area contributed by atoms with Gasteiger partial charge < -0.3 is 10.1 Å². The molecule has 1 unspecified atom stereocenters. The predicted molar refractivity (Wildman–Crippen MR) is 85.7 cm³/mol. The molecule has 0 amide bonds. The van der Waals surface area contributed by atoms with Gasteiger partial charge in [-0.15, -0.1) is 0 Å². The van der Waals surface area contributed by atoms with Crippen LogP contribution in [0.4, 0.5) is 4.39 Å². The van der Waals surface area contributed by atoms with Crippen LogP contribution >= 0.6 is 27.5 Å². The topological polar surface area (TPSA) is 21.3 Å². The van der Waals surface area contributed by atoms with Crippen molar-refractivity contribution in [3.8, 4) is 5.75 Å². The highest BCUT2D eigenvalue weighted by molar-refractivity contribution is 9.10. The van der Waals surface area contributed by atoms with E-state index in [2.05, 4.69) is 27.3 Å². The summed E-state index contributed by atoms with van der Waals surface area (Å²) in [6.07, 6.45) is 0.892. The van der Waals surface area contributed by atoms with Crippen molar-refractivity contribution >= 4 is 27.5 Å². The van der Waals surface area contributed by atoms with Gasteiger partial charge in [0.2, 0.25) is 0 Å². The van der Waals surface area contributed by atoms with Crippen LogP contribution in [-0.2, 0) is 6.42 Å². The van der Waals surface area contributed by atoms with Crippen molar-refractivity contribution in [3.63, 3.8) is 0 Å². The van der Waals surface area contributed by atoms with Gasteiger partial charge in [-0.1, -0.05) is 23.7 Å². The van der Waals surface area contributed by atoms with Crippen LogP contribution in [0.25, 0.3) is 0 Å². The summed E-state index contributed by atoms with van der Waals surface area (Å²) in [5.74, 6) is 0.630. The van der Waals surface area contributed by atoms with E-state index in [1.165, 1.54) is 6.07 Å². The quantitative estimate of drug-likeness (QED) is 0.804. The van der Waals surface area contributed by atoms with Gasteiger partial charge in [0, 0.05) is 16.5 Å². The molecule has 2 aromatic rings. The molecule has 0 radical (unpaired) electrons. The Bertz CT molecular complexity index is 692. The fourth-order valence-electron chi connectivity index (χ4n) is 2.65. The largest absolute Gasteiger partial charge is 0.493 e. The van der Waals surface area contributed by atoms with Crippen molar-refractivity contribution in [1.29, 1.82) is 0 Å². The summed E-state index contributed by atoms with van der Waals surface area (Å²) in [5.41, 5.74) is 2.69. The smallest absolute Gasteiger partial charge is 0.129 e. The minimum atomic E-state index is -0.289. The summed E-state index contributed by atoms with van der Waals surface area (Å²) in [6, 6.07) is 8.78. The Morgan fingerprint density at radius 2 is 2.14 bits per heavy atom. The summed E-state index contributed by atoms with van der Waals surface area (Å²) < 4.78 is 20.3. The fourth-order valence-corrected chi connectivity index (χ4v) is 3.13. The predicted octanol–water partition coefficient (Wildman–Crippen LogP) is 4.49. The number of halogens is 3. The molecule has 0 aromatic heterocycles. The van der Waals surface area contributed by atoms with E-state index in [9.17, 15) is 4.39 Å². The maximum atomic E-state index is 14.3. The van der Waals surface area contributed by atoms with E-state index in [1.807, 2.05) is 19.2 Å². The Morgan fingerprint density at radius 3 is 2.90 bits per heavy atom. The van der Waals surface area contributed by atoms with E-state index in [1.54, 1.807) is 6.07 Å². The van der Waals surface area contributed by atoms with E-state index in [0.29, 0.717) is 21.7 Å². The maximum Gasteiger partial charge on any atom is 0.129 e. The second kappa shape index (κ2) is 5.95. The van der Waals surface area contributed by atoms with Gasteiger partial charge >= 0.3 is 0 Å². The first-order chi connectivity index (χ1) is 10.1. The van der Waals surface area contributed by atoms with Crippen LogP contribution in [0.5, 0.6) is 5.75 Å². The van der Waals surface area contributed by atoms with Gasteiger partial charge in [0.25, 0.3) is 0 Å². The molecule has 110 valence electrons. The summed E-state index contributed by atoms with van der Waals surface area (Å²) in [4.78, 5) is 0. The average molecular weight is 371 g/mol. The lowest BCUT2D eigenvalue weighted by atomic mass is 9.96. The maximum absolute atomic E-state index is 14.3. The molecule has 3 rings (SSSR count). The van der Waals surface area contributed by atoms with Gasteiger partial charge in [-0.2, -0.15) is 0 Å². The van der Waals surface area contributed by atoms with E-state index in [4.69, 9.17) is 16.3 Å². The lowest BCUT2D eigenvalue weighted by molar-refractivity contribution is 0.357. The van der Waals surface area contributed by atoms with Crippen LogP contribution < -0.4 is 10.1 Å². The molecule has 0 spiro atoms. The van der Waals surface area contributed by atoms with Crippen LogP contribution in [0.3, 0.4) is 0 Å². The molecule has 1 aliphatic rings. The second-order valence-electron chi connectivity index (χ2n) is 4.98. The molecule has 1 aliphatic heterocycles. The number of ether oxygens (including phenoxy) is 1. The SMILES string of the molecule is CNC(c1ccc2c(c1)CCO2)c1cc(Cl)c(Br)cc1F. The Balaban J connectivity index is 2.04. The van der Waals surface area contributed by atoms with Crippen molar-refractivity contribution in [2.24, 2.45) is 0 Å². The van der Waals surface area contributed by atoms with E-state index >= 15 is 0 Å². The molecule has 1 atom stereocenters. The van der Waals surface area contributed by atoms with Crippen molar-refractivity contribution in [2.45, 2.75) is 12.5 Å². The Kier molecular flexibility index (Phi) is 4.20. The number of fused-ring (bicyclic) bond motifs is 1. The van der Waals surface area contributed by atoms with Crippen LogP contribution in [0.2, 0.25) is 5.02 Å². The van der Waals surface area contributed by atoms with Crippen LogP contribution in [-0.4, -0.2) is 13.7 Å². The second-order valence-corrected chi connectivity index (χ2v) is 6.24. The number of benzene rings is 2. The fraction of sp³-hybridized carbons (Fsp3) is 0.250. The lowest BCUT2D eigenvalue weighted by Gasteiger charge is -2.19. The van der Waals surface area contributed by atoms with Gasteiger partial charge in [0.05, 0.1) is 17.7 Å². The van der Waals surface area contributed by atoms with Crippen molar-refractivity contribution in [2.75, 3.05) is 13.7 Å². The lowest BCUT2D eigenvalue weighted by Crippen LogP contribution is -2.19. The zero-order chi connectivity index (χ0) is 15.0. The first-order valence-electron chi connectivity index (χ1n) is 6.67. The van der Waals surface area contributed by atoms with Gasteiger partial charge in [-0.05, 0) is 52.3 Å². The molecule has 5 heteroatoms. The summed E-state index contributed by atoms with van der Waals surface area (Å²) in [7, 11) is 1.81. The van der Waals surface area contributed by atoms with Crippen molar-refractivity contribution < 1.29 is 9.13 Å². The van der Waals surface area contributed by atoms with Gasteiger partial charge in [-0.25, -0.2) is 4.39 Å². The molecular weight excluding hydrogens is 357 g/mol. The third kappa shape index (κ3) is 2.80. The van der Waals surface area contributed by atoms with Gasteiger partial charge in [-0.3, -0.25) is 0 Å². The molecule has 0 saturated heterocycles. The molecule has 0 saturated carbocycles.